The summed E-state index contributed by atoms with van der Waals surface area (Å²) in [6, 6.07) is 3.26. The summed E-state index contributed by atoms with van der Waals surface area (Å²) in [6.07, 6.45) is 0.664. The molecule has 0 heterocycles. The van der Waals surface area contributed by atoms with Gasteiger partial charge in [0.2, 0.25) is 0 Å². The molecule has 4 heteroatoms. The number of benzene rings is 1. The van der Waals surface area contributed by atoms with Gasteiger partial charge in [-0.05, 0) is 35.0 Å². The average molecular weight is 257 g/mol. The van der Waals surface area contributed by atoms with Crippen LogP contribution >= 0.6 is 15.9 Å². The van der Waals surface area contributed by atoms with Crippen LogP contribution in [0.4, 0.5) is 0 Å². The first kappa shape index (κ1) is 10.9. The highest BCUT2D eigenvalue weighted by Gasteiger charge is 2.15. The van der Waals surface area contributed by atoms with Gasteiger partial charge < -0.3 is 4.74 Å². The molecule has 0 atom stereocenters. The summed E-state index contributed by atoms with van der Waals surface area (Å²) in [6.45, 7) is 1.43. The van der Waals surface area contributed by atoms with Crippen LogP contribution in [0, 0.1) is 0 Å². The Balaban J connectivity index is 3.50. The van der Waals surface area contributed by atoms with Gasteiger partial charge in [0.1, 0.15) is 5.75 Å². The van der Waals surface area contributed by atoms with Crippen LogP contribution in [0.25, 0.3) is 0 Å². The molecule has 0 spiro atoms. The minimum absolute atomic E-state index is 0.141. The van der Waals surface area contributed by atoms with Crippen LogP contribution in [0.5, 0.6) is 5.75 Å². The highest BCUT2D eigenvalue weighted by Crippen LogP contribution is 2.30. The zero-order valence-corrected chi connectivity index (χ0v) is 9.42. The molecule has 0 bridgehead atoms. The second-order valence-electron chi connectivity index (χ2n) is 2.72. The number of carbonyl (C=O) groups excluding carboxylic acids is 2. The Hall–Kier alpha value is -1.16. The first-order valence-electron chi connectivity index (χ1n) is 3.94. The van der Waals surface area contributed by atoms with Crippen molar-refractivity contribution >= 4 is 28.0 Å². The second-order valence-corrected chi connectivity index (χ2v) is 3.57. The van der Waals surface area contributed by atoms with Crippen LogP contribution in [0.15, 0.2) is 16.6 Å². The van der Waals surface area contributed by atoms with Gasteiger partial charge in [-0.15, -0.1) is 0 Å². The van der Waals surface area contributed by atoms with Crippen molar-refractivity contribution in [2.45, 2.75) is 6.92 Å². The summed E-state index contributed by atoms with van der Waals surface area (Å²) in [5, 5.41) is 0. The molecule has 0 aliphatic heterocycles. The minimum atomic E-state index is -0.141. The third kappa shape index (κ3) is 1.85. The first-order chi connectivity index (χ1) is 6.61. The topological polar surface area (TPSA) is 43.4 Å². The van der Waals surface area contributed by atoms with Crippen LogP contribution in [-0.2, 0) is 0 Å². The van der Waals surface area contributed by atoms with Gasteiger partial charge in [-0.1, -0.05) is 0 Å². The molecule has 1 aromatic rings. The van der Waals surface area contributed by atoms with Gasteiger partial charge >= 0.3 is 0 Å². The molecule has 0 amide bonds. The third-order valence-corrected chi connectivity index (χ3v) is 2.48. The number of hydrogen-bond donors (Lipinski definition) is 0. The SMILES string of the molecule is COc1c(C=O)ccc(Br)c1C(C)=O. The molecule has 3 nitrogen and oxygen atoms in total. The summed E-state index contributed by atoms with van der Waals surface area (Å²) in [7, 11) is 1.43. The molecule has 14 heavy (non-hydrogen) atoms. The van der Waals surface area contributed by atoms with Gasteiger partial charge in [0, 0.05) is 4.47 Å². The molecule has 0 N–H and O–H groups in total. The number of carbonyl (C=O) groups is 2. The fourth-order valence-electron chi connectivity index (χ4n) is 1.22. The number of Topliss-reactive ketones (excluding diaryl/α,β-unsaturated/α-hetero) is 1. The van der Waals surface area contributed by atoms with Crippen molar-refractivity contribution < 1.29 is 14.3 Å². The summed E-state index contributed by atoms with van der Waals surface area (Å²) in [4.78, 5) is 22.0. The van der Waals surface area contributed by atoms with Crippen LogP contribution in [0.1, 0.15) is 27.6 Å². The predicted molar refractivity (Wildman–Crippen MR) is 56.1 cm³/mol. The van der Waals surface area contributed by atoms with E-state index < -0.39 is 0 Å². The van der Waals surface area contributed by atoms with Gasteiger partial charge in [0.25, 0.3) is 0 Å². The van der Waals surface area contributed by atoms with Crippen LogP contribution < -0.4 is 4.74 Å². The Bertz CT molecular complexity index is 385. The Morgan fingerprint density at radius 1 is 1.50 bits per heavy atom. The number of aldehydes is 1. The van der Waals surface area contributed by atoms with E-state index in [1.54, 1.807) is 12.1 Å². The lowest BCUT2D eigenvalue weighted by Gasteiger charge is -2.09. The Kier molecular flexibility index (Phi) is 3.41. The summed E-state index contributed by atoms with van der Waals surface area (Å²) >= 11 is 3.24. The van der Waals surface area contributed by atoms with Crippen molar-refractivity contribution in [2.75, 3.05) is 7.11 Å². The lowest BCUT2D eigenvalue weighted by atomic mass is 10.1. The van der Waals surface area contributed by atoms with E-state index in [1.165, 1.54) is 14.0 Å². The van der Waals surface area contributed by atoms with Crippen molar-refractivity contribution in [1.29, 1.82) is 0 Å². The molecular weight excluding hydrogens is 248 g/mol. The maximum atomic E-state index is 11.3. The maximum Gasteiger partial charge on any atom is 0.164 e. The molecule has 0 aromatic heterocycles. The summed E-state index contributed by atoms with van der Waals surface area (Å²) in [5.74, 6) is 0.180. The van der Waals surface area contributed by atoms with E-state index in [4.69, 9.17) is 4.74 Å². The van der Waals surface area contributed by atoms with Gasteiger partial charge in [0.05, 0.1) is 18.2 Å². The van der Waals surface area contributed by atoms with Crippen molar-refractivity contribution in [3.05, 3.63) is 27.7 Å². The lowest BCUT2D eigenvalue weighted by Crippen LogP contribution is -2.02. The van der Waals surface area contributed by atoms with Gasteiger partial charge in [-0.25, -0.2) is 0 Å². The van der Waals surface area contributed by atoms with Gasteiger partial charge in [-0.2, -0.15) is 0 Å². The molecule has 0 unspecified atom stereocenters. The number of halogens is 1. The fourth-order valence-corrected chi connectivity index (χ4v) is 1.81. The summed E-state index contributed by atoms with van der Waals surface area (Å²) < 4.78 is 5.66. The Morgan fingerprint density at radius 2 is 2.14 bits per heavy atom. The molecule has 1 aromatic carbocycles. The quantitative estimate of drug-likeness (QED) is 0.617. The monoisotopic (exact) mass is 256 g/mol. The largest absolute Gasteiger partial charge is 0.495 e. The Morgan fingerprint density at radius 3 is 2.57 bits per heavy atom. The second kappa shape index (κ2) is 4.37. The van der Waals surface area contributed by atoms with E-state index in [0.717, 1.165) is 0 Å². The molecular formula is C10H9BrO3. The zero-order valence-electron chi connectivity index (χ0n) is 7.83. The van der Waals surface area contributed by atoms with Crippen molar-refractivity contribution in [2.24, 2.45) is 0 Å². The van der Waals surface area contributed by atoms with E-state index >= 15 is 0 Å². The van der Waals surface area contributed by atoms with E-state index in [-0.39, 0.29) is 5.78 Å². The normalized spacial score (nSPS) is 9.64. The first-order valence-corrected chi connectivity index (χ1v) is 4.73. The molecule has 0 saturated carbocycles. The number of ketones is 1. The minimum Gasteiger partial charge on any atom is -0.495 e. The highest BCUT2D eigenvalue weighted by molar-refractivity contribution is 9.10. The van der Waals surface area contributed by atoms with Gasteiger partial charge in [-0.3, -0.25) is 9.59 Å². The molecule has 0 fully saturated rings. The number of hydrogen-bond acceptors (Lipinski definition) is 3. The molecule has 0 aliphatic carbocycles. The van der Waals surface area contributed by atoms with Gasteiger partial charge in [0.15, 0.2) is 12.1 Å². The van der Waals surface area contributed by atoms with Crippen molar-refractivity contribution in [3.8, 4) is 5.75 Å². The molecule has 1 rings (SSSR count). The third-order valence-electron chi connectivity index (χ3n) is 1.82. The fraction of sp³-hybridized carbons (Fsp3) is 0.200. The Labute approximate surface area is 90.2 Å². The van der Waals surface area contributed by atoms with Crippen LogP contribution in [0.2, 0.25) is 0 Å². The van der Waals surface area contributed by atoms with E-state index in [2.05, 4.69) is 15.9 Å². The number of rotatable bonds is 3. The zero-order chi connectivity index (χ0) is 10.7. The standard InChI is InChI=1S/C10H9BrO3/c1-6(13)9-8(11)4-3-7(5-12)10(9)14-2/h3-5H,1-2H3. The van der Waals surface area contributed by atoms with E-state index in [9.17, 15) is 9.59 Å². The average Bonchev–Trinajstić information content (AvgIpc) is 2.16. The molecule has 0 radical (unpaired) electrons. The molecule has 74 valence electrons. The van der Waals surface area contributed by atoms with Crippen LogP contribution in [0.3, 0.4) is 0 Å². The van der Waals surface area contributed by atoms with Crippen molar-refractivity contribution in [3.63, 3.8) is 0 Å². The molecule has 0 saturated heterocycles. The highest BCUT2D eigenvalue weighted by atomic mass is 79.9. The van der Waals surface area contributed by atoms with E-state index in [1.807, 2.05) is 0 Å². The summed E-state index contributed by atoms with van der Waals surface area (Å²) in [5.41, 5.74) is 0.776. The number of ether oxygens (including phenoxy) is 1. The number of methoxy groups -OCH3 is 1. The van der Waals surface area contributed by atoms with Crippen LogP contribution in [-0.4, -0.2) is 19.2 Å². The van der Waals surface area contributed by atoms with Crippen molar-refractivity contribution in [1.82, 2.24) is 0 Å². The smallest absolute Gasteiger partial charge is 0.164 e. The molecule has 0 aliphatic rings. The lowest BCUT2D eigenvalue weighted by molar-refractivity contribution is 0.101. The van der Waals surface area contributed by atoms with E-state index in [0.29, 0.717) is 27.6 Å². The maximum absolute atomic E-state index is 11.3. The predicted octanol–water partition coefficient (Wildman–Crippen LogP) is 2.47.